The van der Waals surface area contributed by atoms with Gasteiger partial charge in [-0.05, 0) is 25.2 Å². The molecule has 2 N–H and O–H groups in total. The first-order valence-electron chi connectivity index (χ1n) is 6.99. The van der Waals surface area contributed by atoms with Crippen LogP contribution in [-0.4, -0.2) is 39.1 Å². The van der Waals surface area contributed by atoms with Crippen LogP contribution in [0.5, 0.6) is 0 Å². The summed E-state index contributed by atoms with van der Waals surface area (Å²) in [7, 11) is 0. The normalized spacial score (nSPS) is 22.6. The maximum atomic E-state index is 14.9. The second-order valence-corrected chi connectivity index (χ2v) is 6.68. The van der Waals surface area contributed by atoms with Crippen molar-refractivity contribution in [1.29, 1.82) is 0 Å². The fourth-order valence-corrected chi connectivity index (χ4v) is 2.91. The predicted octanol–water partition coefficient (Wildman–Crippen LogP) is 3.39. The monoisotopic (exact) mass is 275 g/mol. The summed E-state index contributed by atoms with van der Waals surface area (Å²) in [5.41, 5.74) is -0.488. The number of aliphatic hydroxyl groups excluding tert-OH is 1. The van der Waals surface area contributed by atoms with Gasteiger partial charge < -0.3 is 10.2 Å². The van der Waals surface area contributed by atoms with Crippen molar-refractivity contribution in [3.05, 3.63) is 0 Å². The molecule has 0 spiro atoms. The highest BCUT2D eigenvalue weighted by Crippen LogP contribution is 2.38. The van der Waals surface area contributed by atoms with E-state index in [1.807, 2.05) is 20.8 Å². The lowest BCUT2D eigenvalue weighted by molar-refractivity contribution is -0.107. The predicted molar refractivity (Wildman–Crippen MR) is 71.7 cm³/mol. The van der Waals surface area contributed by atoms with Gasteiger partial charge in [-0.25, -0.2) is 9.18 Å². The van der Waals surface area contributed by atoms with Crippen molar-refractivity contribution in [2.75, 3.05) is 0 Å². The molecule has 112 valence electrons. The Kier molecular flexibility index (Phi) is 4.82. The van der Waals surface area contributed by atoms with Crippen LogP contribution in [0.1, 0.15) is 59.8 Å². The summed E-state index contributed by atoms with van der Waals surface area (Å²) >= 11 is 0. The third-order valence-electron chi connectivity index (χ3n) is 4.01. The SMILES string of the molecule is C[C@@H](C(O)C(C)(C)C)N(C(=O)O)C1(F)CCCCC1. The number of aliphatic hydroxyl groups is 1. The van der Waals surface area contributed by atoms with Crippen molar-refractivity contribution in [3.63, 3.8) is 0 Å². The van der Waals surface area contributed by atoms with Crippen molar-refractivity contribution >= 4 is 6.09 Å². The van der Waals surface area contributed by atoms with Crippen LogP contribution in [0.4, 0.5) is 9.18 Å². The second kappa shape index (κ2) is 5.65. The maximum Gasteiger partial charge on any atom is 0.410 e. The van der Waals surface area contributed by atoms with E-state index in [0.717, 1.165) is 11.3 Å². The number of hydrogen-bond donors (Lipinski definition) is 2. The molecule has 1 aliphatic rings. The van der Waals surface area contributed by atoms with E-state index in [4.69, 9.17) is 0 Å². The minimum absolute atomic E-state index is 0.223. The number of halogens is 1. The molecule has 1 rings (SSSR count). The Balaban J connectivity index is 2.97. The third kappa shape index (κ3) is 3.59. The highest BCUT2D eigenvalue weighted by atomic mass is 19.1. The first-order chi connectivity index (χ1) is 8.59. The van der Waals surface area contributed by atoms with Gasteiger partial charge in [-0.2, -0.15) is 0 Å². The summed E-state index contributed by atoms with van der Waals surface area (Å²) < 4.78 is 14.9. The Bertz CT molecular complexity index is 321. The Morgan fingerprint density at radius 2 is 1.74 bits per heavy atom. The Hall–Kier alpha value is -0.840. The van der Waals surface area contributed by atoms with Gasteiger partial charge in [0.05, 0.1) is 12.1 Å². The van der Waals surface area contributed by atoms with Crippen molar-refractivity contribution < 1.29 is 19.4 Å². The third-order valence-corrected chi connectivity index (χ3v) is 4.01. The minimum Gasteiger partial charge on any atom is -0.465 e. The molecule has 0 aromatic carbocycles. The second-order valence-electron chi connectivity index (χ2n) is 6.68. The van der Waals surface area contributed by atoms with Crippen LogP contribution in [0.25, 0.3) is 0 Å². The van der Waals surface area contributed by atoms with Crippen molar-refractivity contribution in [2.45, 2.75) is 77.7 Å². The molecule has 0 bridgehead atoms. The molecule has 19 heavy (non-hydrogen) atoms. The number of carbonyl (C=O) groups is 1. The first kappa shape index (κ1) is 16.2. The molecule has 0 aromatic heterocycles. The van der Waals surface area contributed by atoms with E-state index in [1.165, 1.54) is 0 Å². The van der Waals surface area contributed by atoms with Gasteiger partial charge in [0.2, 0.25) is 0 Å². The minimum atomic E-state index is -1.84. The molecular weight excluding hydrogens is 249 g/mol. The molecule has 2 atom stereocenters. The standard InChI is InChI=1S/C14H26FNO3/c1-10(11(17)13(2,3)4)16(12(18)19)14(15)8-6-5-7-9-14/h10-11,17H,5-9H2,1-4H3,(H,18,19)/t10-,11?/m0/s1. The van der Waals surface area contributed by atoms with E-state index >= 15 is 0 Å². The van der Waals surface area contributed by atoms with Crippen LogP contribution in [0.15, 0.2) is 0 Å². The average Bonchev–Trinajstić information content (AvgIpc) is 2.26. The highest BCUT2D eigenvalue weighted by Gasteiger charge is 2.46. The number of rotatable bonds is 3. The number of carboxylic acid groups (broad SMARTS) is 1. The van der Waals surface area contributed by atoms with Crippen LogP contribution in [0.2, 0.25) is 0 Å². The highest BCUT2D eigenvalue weighted by molar-refractivity contribution is 5.66. The summed E-state index contributed by atoms with van der Waals surface area (Å²) in [5.74, 6) is -1.84. The van der Waals surface area contributed by atoms with E-state index in [2.05, 4.69) is 0 Å². The zero-order valence-electron chi connectivity index (χ0n) is 12.3. The lowest BCUT2D eigenvalue weighted by Gasteiger charge is -2.45. The summed E-state index contributed by atoms with van der Waals surface area (Å²) in [5, 5.41) is 19.6. The zero-order valence-corrected chi connectivity index (χ0v) is 12.3. The summed E-state index contributed by atoms with van der Waals surface area (Å²) in [4.78, 5) is 12.3. The average molecular weight is 275 g/mol. The molecule has 0 aliphatic heterocycles. The van der Waals surface area contributed by atoms with Crippen LogP contribution in [-0.2, 0) is 0 Å². The van der Waals surface area contributed by atoms with Crippen LogP contribution < -0.4 is 0 Å². The van der Waals surface area contributed by atoms with E-state index in [1.54, 1.807) is 6.92 Å². The molecule has 0 saturated heterocycles. The number of hydrogen-bond acceptors (Lipinski definition) is 2. The fourth-order valence-electron chi connectivity index (χ4n) is 2.91. The molecule has 0 radical (unpaired) electrons. The van der Waals surface area contributed by atoms with Gasteiger partial charge in [-0.1, -0.05) is 27.2 Å². The van der Waals surface area contributed by atoms with Gasteiger partial charge in [0, 0.05) is 12.8 Å². The summed E-state index contributed by atoms with van der Waals surface area (Å²) in [6.45, 7) is 7.04. The van der Waals surface area contributed by atoms with Crippen LogP contribution >= 0.6 is 0 Å². The largest absolute Gasteiger partial charge is 0.465 e. The fraction of sp³-hybridized carbons (Fsp3) is 0.929. The van der Waals surface area contributed by atoms with Gasteiger partial charge in [-0.15, -0.1) is 0 Å². The lowest BCUT2D eigenvalue weighted by atomic mass is 9.83. The van der Waals surface area contributed by atoms with E-state index in [0.29, 0.717) is 12.8 Å². The van der Waals surface area contributed by atoms with Crippen LogP contribution in [0, 0.1) is 5.41 Å². The van der Waals surface area contributed by atoms with Gasteiger partial charge in [0.15, 0.2) is 5.79 Å². The molecule has 5 heteroatoms. The first-order valence-corrected chi connectivity index (χ1v) is 6.99. The van der Waals surface area contributed by atoms with Crippen molar-refractivity contribution in [1.82, 2.24) is 4.90 Å². The van der Waals surface area contributed by atoms with Gasteiger partial charge in [0.1, 0.15) is 0 Å². The molecule has 1 unspecified atom stereocenters. The Labute approximate surface area is 114 Å². The van der Waals surface area contributed by atoms with Crippen molar-refractivity contribution in [2.24, 2.45) is 5.41 Å². The summed E-state index contributed by atoms with van der Waals surface area (Å²) in [6, 6.07) is -0.763. The lowest BCUT2D eigenvalue weighted by Crippen LogP contribution is -2.58. The van der Waals surface area contributed by atoms with Crippen LogP contribution in [0.3, 0.4) is 0 Å². The topological polar surface area (TPSA) is 60.8 Å². The Morgan fingerprint density at radius 3 is 2.11 bits per heavy atom. The smallest absolute Gasteiger partial charge is 0.410 e. The number of amides is 1. The van der Waals surface area contributed by atoms with E-state index < -0.39 is 29.4 Å². The molecule has 0 aromatic rings. The van der Waals surface area contributed by atoms with Crippen molar-refractivity contribution in [3.8, 4) is 0 Å². The molecule has 1 aliphatic carbocycles. The maximum absolute atomic E-state index is 14.9. The molecule has 0 heterocycles. The number of nitrogens with zero attached hydrogens (tertiary/aromatic N) is 1. The number of alkyl halides is 1. The summed E-state index contributed by atoms with van der Waals surface area (Å²) in [6.07, 6.45) is 0.575. The molecule has 1 saturated carbocycles. The van der Waals surface area contributed by atoms with Gasteiger partial charge in [0.25, 0.3) is 0 Å². The van der Waals surface area contributed by atoms with Gasteiger partial charge >= 0.3 is 6.09 Å². The van der Waals surface area contributed by atoms with E-state index in [-0.39, 0.29) is 12.8 Å². The molecule has 1 amide bonds. The zero-order chi connectivity index (χ0) is 14.8. The van der Waals surface area contributed by atoms with Gasteiger partial charge in [-0.3, -0.25) is 4.90 Å². The molecule has 1 fully saturated rings. The molecule has 4 nitrogen and oxygen atoms in total. The Morgan fingerprint density at radius 1 is 1.26 bits per heavy atom. The molecular formula is C14H26FNO3. The van der Waals surface area contributed by atoms with E-state index in [9.17, 15) is 19.4 Å². The quantitative estimate of drug-likeness (QED) is 0.776.